The van der Waals surface area contributed by atoms with Crippen molar-refractivity contribution in [2.45, 2.75) is 0 Å². The van der Waals surface area contributed by atoms with Gasteiger partial charge >= 0.3 is 0 Å². The van der Waals surface area contributed by atoms with Crippen LogP contribution < -0.4 is 4.90 Å². The summed E-state index contributed by atoms with van der Waals surface area (Å²) in [7, 11) is 0. The number of anilines is 3. The number of hydrogen-bond acceptors (Lipinski definition) is 2. The van der Waals surface area contributed by atoms with Crippen molar-refractivity contribution < 1.29 is 4.42 Å². The van der Waals surface area contributed by atoms with Crippen LogP contribution in [0.2, 0.25) is 0 Å². The number of para-hydroxylation sites is 2. The topological polar surface area (TPSA) is 16.4 Å². The first kappa shape index (κ1) is 35.7. The smallest absolute Gasteiger partial charge is 0.143 e. The molecular formula is C60H39NO. The Bertz CT molecular complexity index is 3620. The lowest BCUT2D eigenvalue weighted by atomic mass is 9.94. The van der Waals surface area contributed by atoms with Crippen LogP contribution in [-0.2, 0) is 0 Å². The fraction of sp³-hybridized carbons (Fsp3) is 0. The first-order valence-corrected chi connectivity index (χ1v) is 21.2. The van der Waals surface area contributed by atoms with E-state index >= 15 is 0 Å². The summed E-state index contributed by atoms with van der Waals surface area (Å²) < 4.78 is 6.71. The fourth-order valence-corrected chi connectivity index (χ4v) is 9.46. The molecule has 0 fully saturated rings. The van der Waals surface area contributed by atoms with Gasteiger partial charge in [0.2, 0.25) is 0 Å². The van der Waals surface area contributed by atoms with E-state index in [0.717, 1.165) is 66.6 Å². The lowest BCUT2D eigenvalue weighted by Crippen LogP contribution is -2.12. The van der Waals surface area contributed by atoms with Crippen LogP contribution in [0.15, 0.2) is 241 Å². The Labute approximate surface area is 360 Å². The van der Waals surface area contributed by atoms with Crippen LogP contribution in [-0.4, -0.2) is 0 Å². The largest absolute Gasteiger partial charge is 0.455 e. The molecule has 0 aliphatic carbocycles. The van der Waals surface area contributed by atoms with Gasteiger partial charge in [-0.2, -0.15) is 0 Å². The van der Waals surface area contributed by atoms with E-state index in [0.29, 0.717) is 0 Å². The van der Waals surface area contributed by atoms with Gasteiger partial charge in [0, 0.05) is 33.0 Å². The van der Waals surface area contributed by atoms with Gasteiger partial charge in [0.25, 0.3) is 0 Å². The van der Waals surface area contributed by atoms with Crippen LogP contribution in [0.1, 0.15) is 0 Å². The number of hydrogen-bond donors (Lipinski definition) is 0. The second-order valence-corrected chi connectivity index (χ2v) is 16.0. The van der Waals surface area contributed by atoms with Crippen LogP contribution in [0.25, 0.3) is 98.8 Å². The van der Waals surface area contributed by atoms with E-state index in [2.05, 4.69) is 241 Å². The molecule has 0 spiro atoms. The zero-order chi connectivity index (χ0) is 41.0. The molecule has 0 atom stereocenters. The zero-order valence-corrected chi connectivity index (χ0v) is 33.9. The molecule has 0 unspecified atom stereocenters. The first-order valence-electron chi connectivity index (χ1n) is 21.2. The van der Waals surface area contributed by atoms with E-state index in [-0.39, 0.29) is 0 Å². The molecule has 12 rings (SSSR count). The third kappa shape index (κ3) is 6.04. The second-order valence-electron chi connectivity index (χ2n) is 16.0. The van der Waals surface area contributed by atoms with E-state index in [1.54, 1.807) is 0 Å². The summed E-state index contributed by atoms with van der Waals surface area (Å²) in [6.07, 6.45) is 0. The number of benzene rings is 11. The lowest BCUT2D eigenvalue weighted by Gasteiger charge is -2.30. The van der Waals surface area contributed by atoms with Crippen LogP contribution in [0.3, 0.4) is 0 Å². The van der Waals surface area contributed by atoms with Crippen molar-refractivity contribution in [3.8, 4) is 44.5 Å². The van der Waals surface area contributed by atoms with Crippen LogP contribution in [0.5, 0.6) is 0 Å². The minimum Gasteiger partial charge on any atom is -0.455 e. The summed E-state index contributed by atoms with van der Waals surface area (Å²) in [5, 5.41) is 9.57. The Balaban J connectivity index is 1.03. The predicted molar refractivity (Wildman–Crippen MR) is 263 cm³/mol. The molecule has 62 heavy (non-hydrogen) atoms. The second kappa shape index (κ2) is 14.8. The standard InChI is InChI=1S/C60H39NO/c1-2-13-40(14-3-1)41-25-27-45(28-26-41)51-18-8-10-22-56(51)61(48-35-31-42(32-36-48)46-34-37-50-47(39-46)30-29-43-15-4-6-17-49(43)50)57-23-11-9-20-53(57)54-21-12-24-58-59(54)55-38-33-44-16-5-7-19-52(44)60(55)62-58/h1-39H. The number of rotatable bonds is 7. The zero-order valence-electron chi connectivity index (χ0n) is 33.9. The molecule has 2 heteroatoms. The molecule has 0 radical (unpaired) electrons. The molecule has 290 valence electrons. The molecule has 0 aliphatic heterocycles. The molecule has 0 saturated carbocycles. The summed E-state index contributed by atoms with van der Waals surface area (Å²) >= 11 is 0. The van der Waals surface area contributed by atoms with E-state index in [9.17, 15) is 0 Å². The average Bonchev–Trinajstić information content (AvgIpc) is 3.75. The number of nitrogens with zero attached hydrogens (tertiary/aromatic N) is 1. The normalized spacial score (nSPS) is 11.5. The molecule has 0 bridgehead atoms. The summed E-state index contributed by atoms with van der Waals surface area (Å²) in [6, 6.07) is 85.5. The SMILES string of the molecule is c1ccc(-c2ccc(-c3ccccc3N(c3ccc(-c4ccc5c(ccc6ccccc65)c4)cc3)c3ccccc3-c3cccc4oc5c6ccccc6ccc5c34)cc2)cc1. The van der Waals surface area contributed by atoms with Gasteiger partial charge in [0.05, 0.1) is 11.4 Å². The minimum absolute atomic E-state index is 0.877. The van der Waals surface area contributed by atoms with Gasteiger partial charge in [-0.3, -0.25) is 0 Å². The van der Waals surface area contributed by atoms with Crippen molar-refractivity contribution in [2.75, 3.05) is 4.90 Å². The van der Waals surface area contributed by atoms with Gasteiger partial charge in [-0.1, -0.05) is 194 Å². The summed E-state index contributed by atoms with van der Waals surface area (Å²) in [5.41, 5.74) is 14.3. The predicted octanol–water partition coefficient (Wildman–Crippen LogP) is 17.2. The van der Waals surface area contributed by atoms with E-state index in [1.165, 1.54) is 49.2 Å². The molecule has 12 aromatic rings. The number of furan rings is 1. The Morgan fingerprint density at radius 1 is 0.290 bits per heavy atom. The molecule has 0 amide bonds. The highest BCUT2D eigenvalue weighted by Gasteiger charge is 2.23. The third-order valence-electron chi connectivity index (χ3n) is 12.5. The van der Waals surface area contributed by atoms with Gasteiger partial charge in [-0.15, -0.1) is 0 Å². The highest BCUT2D eigenvalue weighted by Crippen LogP contribution is 2.48. The molecule has 2 nitrogen and oxygen atoms in total. The molecule has 11 aromatic carbocycles. The fourth-order valence-electron chi connectivity index (χ4n) is 9.46. The quantitative estimate of drug-likeness (QED) is 0.150. The summed E-state index contributed by atoms with van der Waals surface area (Å²) in [4.78, 5) is 2.43. The van der Waals surface area contributed by atoms with Crippen molar-refractivity contribution in [3.05, 3.63) is 237 Å². The van der Waals surface area contributed by atoms with E-state index < -0.39 is 0 Å². The Morgan fingerprint density at radius 2 is 0.806 bits per heavy atom. The van der Waals surface area contributed by atoms with Crippen molar-refractivity contribution in [3.63, 3.8) is 0 Å². The first-order chi connectivity index (χ1) is 30.7. The van der Waals surface area contributed by atoms with Gasteiger partial charge in [0.1, 0.15) is 11.2 Å². The molecule has 1 heterocycles. The molecule has 0 aliphatic rings. The Morgan fingerprint density at radius 3 is 1.61 bits per heavy atom. The lowest BCUT2D eigenvalue weighted by molar-refractivity contribution is 0.673. The van der Waals surface area contributed by atoms with Crippen molar-refractivity contribution in [1.29, 1.82) is 0 Å². The molecule has 1 aromatic heterocycles. The highest BCUT2D eigenvalue weighted by molar-refractivity contribution is 6.20. The van der Waals surface area contributed by atoms with E-state index in [1.807, 2.05) is 0 Å². The maximum absolute atomic E-state index is 6.71. The molecular weight excluding hydrogens is 751 g/mol. The number of fused-ring (bicyclic) bond motifs is 8. The monoisotopic (exact) mass is 789 g/mol. The third-order valence-corrected chi connectivity index (χ3v) is 12.5. The van der Waals surface area contributed by atoms with Gasteiger partial charge in [0.15, 0.2) is 0 Å². The molecule has 0 N–H and O–H groups in total. The summed E-state index contributed by atoms with van der Waals surface area (Å²) in [5.74, 6) is 0. The molecule has 0 saturated heterocycles. The average molecular weight is 790 g/mol. The highest BCUT2D eigenvalue weighted by atomic mass is 16.3. The summed E-state index contributed by atoms with van der Waals surface area (Å²) in [6.45, 7) is 0. The van der Waals surface area contributed by atoms with Crippen LogP contribution in [0.4, 0.5) is 17.1 Å². The van der Waals surface area contributed by atoms with Crippen LogP contribution >= 0.6 is 0 Å². The maximum Gasteiger partial charge on any atom is 0.143 e. The minimum atomic E-state index is 0.877. The van der Waals surface area contributed by atoms with Crippen molar-refractivity contribution in [2.24, 2.45) is 0 Å². The van der Waals surface area contributed by atoms with E-state index in [4.69, 9.17) is 4.42 Å². The van der Waals surface area contributed by atoms with Crippen molar-refractivity contribution >= 4 is 71.3 Å². The van der Waals surface area contributed by atoms with Gasteiger partial charge < -0.3 is 9.32 Å². The van der Waals surface area contributed by atoms with Gasteiger partial charge in [-0.25, -0.2) is 0 Å². The van der Waals surface area contributed by atoms with Gasteiger partial charge in [-0.05, 0) is 103 Å². The Hall–Kier alpha value is -8.20. The van der Waals surface area contributed by atoms with Crippen LogP contribution in [0, 0.1) is 0 Å². The van der Waals surface area contributed by atoms with Crippen molar-refractivity contribution in [1.82, 2.24) is 0 Å². The Kier molecular flexibility index (Phi) is 8.53. The maximum atomic E-state index is 6.71.